The number of aliphatic hydroxyl groups is 4. The quantitative estimate of drug-likeness (QED) is 0.0402. The summed E-state index contributed by atoms with van der Waals surface area (Å²) in [7, 11) is 0. The molecule has 14 nitrogen and oxygen atoms in total. The number of phenolic OH excluding ortho intramolecular Hbond substituents is 1. The molecule has 15 heteroatoms. The third-order valence-electron chi connectivity index (χ3n) is 7.34. The zero-order chi connectivity index (χ0) is 33.0. The number of fused-ring (bicyclic) bond motifs is 2. The molecule has 2 heterocycles. The van der Waals surface area contributed by atoms with Crippen LogP contribution in [0.15, 0.2) is 69.0 Å². The number of aromatic hydroxyl groups is 1. The number of carboxylic acid groups (broad SMARTS) is 1. The zero-order valence-electron chi connectivity index (χ0n) is 24.1. The summed E-state index contributed by atoms with van der Waals surface area (Å²) in [6.07, 6.45) is -4.67. The van der Waals surface area contributed by atoms with Gasteiger partial charge in [0.25, 0.3) is 6.29 Å². The smallest absolute Gasteiger partial charge is 0.336 e. The van der Waals surface area contributed by atoms with Crippen LogP contribution in [0.5, 0.6) is 5.75 Å². The Hall–Kier alpha value is -4.64. The standard InChI is InChI=1S/C31H31N3O11S/c35-14-24-26(38)27(39)28(40)30(44-24)45-33-10-2-1-9-32-31(46)34-15-3-6-18(21(11-15)29(41)42)25-19-7-4-16(36)12-22(19)43-23-13-17(37)5-8-20(23)25/h3-8,10-13,24,26-28,30,35-36,38-40H,1-2,9,14H2,(H,41,42)(H2,32,34,46)/b33-10+/t24-,26-,27+,28+,30-/m1/s1. The molecule has 46 heavy (non-hydrogen) atoms. The summed E-state index contributed by atoms with van der Waals surface area (Å²) in [5, 5.41) is 69.4. The maximum atomic E-state index is 12.4. The zero-order valence-corrected chi connectivity index (χ0v) is 24.9. The highest BCUT2D eigenvalue weighted by Gasteiger charge is 2.45. The summed E-state index contributed by atoms with van der Waals surface area (Å²) in [5.41, 5.74) is 1.81. The molecule has 0 aromatic heterocycles. The number of thiocarbonyl (C=S) groups is 1. The first kappa shape index (κ1) is 32.7. The van der Waals surface area contributed by atoms with Crippen molar-refractivity contribution in [1.29, 1.82) is 0 Å². The average molecular weight is 654 g/mol. The van der Waals surface area contributed by atoms with Crippen LogP contribution in [-0.4, -0.2) is 91.8 Å². The molecule has 2 aromatic rings. The lowest BCUT2D eigenvalue weighted by atomic mass is 9.90. The first-order valence-corrected chi connectivity index (χ1v) is 14.6. The van der Waals surface area contributed by atoms with E-state index in [2.05, 4.69) is 15.8 Å². The first-order valence-electron chi connectivity index (χ1n) is 14.2. The molecule has 3 aliphatic rings. The number of nitrogens with zero attached hydrogens (tertiary/aromatic N) is 1. The van der Waals surface area contributed by atoms with Crippen molar-refractivity contribution in [2.75, 3.05) is 18.5 Å². The van der Waals surface area contributed by atoms with Crippen LogP contribution in [0, 0.1) is 0 Å². The second-order valence-electron chi connectivity index (χ2n) is 10.5. The van der Waals surface area contributed by atoms with Crippen molar-refractivity contribution in [2.45, 2.75) is 43.5 Å². The van der Waals surface area contributed by atoms with Crippen LogP contribution in [0.2, 0.25) is 0 Å². The molecule has 0 saturated carbocycles. The van der Waals surface area contributed by atoms with Gasteiger partial charge in [0.2, 0.25) is 0 Å². The van der Waals surface area contributed by atoms with E-state index in [-0.39, 0.29) is 33.2 Å². The van der Waals surface area contributed by atoms with Crippen LogP contribution in [0.3, 0.4) is 0 Å². The van der Waals surface area contributed by atoms with Gasteiger partial charge in [-0.3, -0.25) is 4.79 Å². The minimum atomic E-state index is -1.57. The fourth-order valence-electron chi connectivity index (χ4n) is 5.05. The van der Waals surface area contributed by atoms with Gasteiger partial charge in [0, 0.05) is 47.1 Å². The third-order valence-corrected chi connectivity index (χ3v) is 7.58. The molecular formula is C31H31N3O11S. The van der Waals surface area contributed by atoms with E-state index in [1.807, 2.05) is 0 Å². The minimum Gasteiger partial charge on any atom is -0.508 e. The van der Waals surface area contributed by atoms with Gasteiger partial charge in [0.15, 0.2) is 10.5 Å². The van der Waals surface area contributed by atoms with E-state index in [4.69, 9.17) is 26.2 Å². The maximum absolute atomic E-state index is 12.4. The molecule has 0 bridgehead atoms. The number of anilines is 1. The number of carbonyl (C=O) groups is 1. The van der Waals surface area contributed by atoms with Gasteiger partial charge >= 0.3 is 5.97 Å². The number of nitrogens with one attached hydrogen (secondary N) is 2. The Labute approximate surface area is 266 Å². The van der Waals surface area contributed by atoms with E-state index in [0.717, 1.165) is 0 Å². The highest BCUT2D eigenvalue weighted by molar-refractivity contribution is 7.80. The van der Waals surface area contributed by atoms with Gasteiger partial charge in [0.1, 0.15) is 41.5 Å². The molecule has 0 spiro atoms. The summed E-state index contributed by atoms with van der Waals surface area (Å²) < 4.78 is 11.1. The van der Waals surface area contributed by atoms with E-state index in [1.165, 1.54) is 36.5 Å². The molecule has 0 unspecified atom stereocenters. The highest BCUT2D eigenvalue weighted by Crippen LogP contribution is 2.42. The van der Waals surface area contributed by atoms with Gasteiger partial charge in [-0.25, -0.2) is 4.79 Å². The largest absolute Gasteiger partial charge is 0.508 e. The summed E-state index contributed by atoms with van der Waals surface area (Å²) in [5.74, 6) is -0.994. The lowest BCUT2D eigenvalue weighted by Gasteiger charge is -2.38. The van der Waals surface area contributed by atoms with Gasteiger partial charge in [-0.05, 0) is 67.0 Å². The molecule has 242 valence electrons. The molecule has 1 saturated heterocycles. The summed E-state index contributed by atoms with van der Waals surface area (Å²) >= 11 is 5.36. The fraction of sp³-hybridized carbons (Fsp3) is 0.290. The molecule has 8 N–H and O–H groups in total. The number of oxime groups is 1. The number of hydrogen-bond acceptors (Lipinski definition) is 12. The second kappa shape index (κ2) is 14.2. The second-order valence-corrected chi connectivity index (χ2v) is 10.9. The maximum Gasteiger partial charge on any atom is 0.336 e. The van der Waals surface area contributed by atoms with Gasteiger partial charge < -0.3 is 55.3 Å². The average Bonchev–Trinajstić information content (AvgIpc) is 3.03. The number of hydrogen-bond donors (Lipinski definition) is 8. The van der Waals surface area contributed by atoms with Gasteiger partial charge in [-0.2, -0.15) is 0 Å². The number of aliphatic hydroxyl groups excluding tert-OH is 4. The molecule has 1 fully saturated rings. The molecule has 2 aliphatic heterocycles. The number of unbranched alkanes of at least 4 members (excludes halogenated alkanes) is 1. The van der Waals surface area contributed by atoms with Crippen LogP contribution in [0.1, 0.15) is 23.2 Å². The van der Waals surface area contributed by atoms with Crippen LogP contribution >= 0.6 is 12.2 Å². The van der Waals surface area contributed by atoms with Crippen molar-refractivity contribution in [1.82, 2.24) is 5.32 Å². The molecular weight excluding hydrogens is 622 g/mol. The number of aromatic carboxylic acids is 1. The predicted octanol–water partition coefficient (Wildman–Crippen LogP) is 1.84. The molecule has 5 atom stereocenters. The Morgan fingerprint density at radius 2 is 1.80 bits per heavy atom. The Balaban J connectivity index is 1.22. The lowest BCUT2D eigenvalue weighted by molar-refractivity contribution is -0.301. The first-order chi connectivity index (χ1) is 22.1. The van der Waals surface area contributed by atoms with E-state index in [9.17, 15) is 40.2 Å². The third kappa shape index (κ3) is 7.09. The molecule has 0 radical (unpaired) electrons. The topological polar surface area (TPSA) is 224 Å². The fourth-order valence-corrected chi connectivity index (χ4v) is 5.27. The highest BCUT2D eigenvalue weighted by atomic mass is 32.1. The summed E-state index contributed by atoms with van der Waals surface area (Å²) in [4.78, 5) is 29.5. The molecule has 1 aliphatic carbocycles. The summed E-state index contributed by atoms with van der Waals surface area (Å²) in [6.45, 7) is -0.161. The van der Waals surface area contributed by atoms with E-state index in [1.54, 1.807) is 24.3 Å². The van der Waals surface area contributed by atoms with Crippen LogP contribution in [0.4, 0.5) is 5.69 Å². The normalized spacial score (nSPS) is 21.4. The minimum absolute atomic E-state index is 0.0310. The van der Waals surface area contributed by atoms with Crippen LogP contribution in [-0.2, 0) is 9.57 Å². The van der Waals surface area contributed by atoms with Crippen molar-refractivity contribution in [2.24, 2.45) is 5.16 Å². The number of phenols is 1. The monoisotopic (exact) mass is 653 g/mol. The SMILES string of the molecule is O=C(O)c1cc(NC(=S)NCCC/C=N/O[C@H]2O[C@H](CO)[C@@H](O)[C@H](O)[C@@H]2O)ccc1-c1c2ccc(=O)cc-2oc2cc(O)ccc12. The van der Waals surface area contributed by atoms with Gasteiger partial charge in [-0.1, -0.05) is 11.2 Å². The van der Waals surface area contributed by atoms with Gasteiger partial charge in [0.05, 0.1) is 12.2 Å². The Morgan fingerprint density at radius 3 is 2.57 bits per heavy atom. The lowest BCUT2D eigenvalue weighted by Crippen LogP contribution is -2.58. The van der Waals surface area contributed by atoms with Crippen molar-refractivity contribution in [3.63, 3.8) is 0 Å². The van der Waals surface area contributed by atoms with Crippen molar-refractivity contribution >= 4 is 46.2 Å². The number of rotatable bonds is 10. The molecule has 2 aromatic carbocycles. The molecule has 0 amide bonds. The Morgan fingerprint density at radius 1 is 1.02 bits per heavy atom. The van der Waals surface area contributed by atoms with Crippen molar-refractivity contribution in [3.05, 3.63) is 70.4 Å². The van der Waals surface area contributed by atoms with E-state index in [0.29, 0.717) is 47.2 Å². The number of benzene rings is 3. The van der Waals surface area contributed by atoms with Crippen LogP contribution < -0.4 is 16.1 Å². The Bertz CT molecular complexity index is 1790. The number of ether oxygens (including phenoxy) is 1. The van der Waals surface area contributed by atoms with E-state index < -0.39 is 43.3 Å². The van der Waals surface area contributed by atoms with Crippen LogP contribution in [0.25, 0.3) is 33.4 Å². The Kier molecular flexibility index (Phi) is 10.1. The van der Waals surface area contributed by atoms with Crippen molar-refractivity contribution in [3.8, 4) is 28.2 Å². The molecule has 5 rings (SSSR count). The van der Waals surface area contributed by atoms with Gasteiger partial charge in [-0.15, -0.1) is 0 Å². The summed E-state index contributed by atoms with van der Waals surface area (Å²) in [6, 6.07) is 13.5. The van der Waals surface area contributed by atoms with E-state index >= 15 is 0 Å². The number of carboxylic acids is 1. The van der Waals surface area contributed by atoms with Crippen molar-refractivity contribution < 1.29 is 49.4 Å². The predicted molar refractivity (Wildman–Crippen MR) is 170 cm³/mol.